The Labute approximate surface area is 129 Å². The van der Waals surface area contributed by atoms with Gasteiger partial charge in [0.2, 0.25) is 0 Å². The Morgan fingerprint density at radius 1 is 1.00 bits per heavy atom. The minimum Gasteiger partial charge on any atom is -0.508 e. The van der Waals surface area contributed by atoms with Gasteiger partial charge in [-0.25, -0.2) is 0 Å². The quantitative estimate of drug-likeness (QED) is 0.767. The van der Waals surface area contributed by atoms with Gasteiger partial charge in [0.1, 0.15) is 11.5 Å². The normalized spacial score (nSPS) is 10.3. The van der Waals surface area contributed by atoms with E-state index in [0.29, 0.717) is 5.02 Å². The molecule has 4 nitrogen and oxygen atoms in total. The summed E-state index contributed by atoms with van der Waals surface area (Å²) in [6, 6.07) is 6.47. The maximum Gasteiger partial charge on any atom is 0.259 e. The highest BCUT2D eigenvalue weighted by atomic mass is 35.5. The number of phenolic OH excluding ortho intramolecular Hbond substituents is 2. The van der Waals surface area contributed by atoms with E-state index >= 15 is 0 Å². The van der Waals surface area contributed by atoms with Crippen molar-refractivity contribution in [1.29, 1.82) is 0 Å². The van der Waals surface area contributed by atoms with Crippen molar-refractivity contribution in [3.63, 3.8) is 0 Å². The third-order valence-corrected chi connectivity index (χ3v) is 3.29. The van der Waals surface area contributed by atoms with Gasteiger partial charge in [-0.15, -0.1) is 0 Å². The molecule has 0 aliphatic rings. The van der Waals surface area contributed by atoms with E-state index in [1.54, 1.807) is 0 Å². The lowest BCUT2D eigenvalue weighted by atomic mass is 10.1. The Hall–Kier alpha value is -1.62. The van der Waals surface area contributed by atoms with Crippen LogP contribution in [0.2, 0.25) is 15.1 Å². The number of anilines is 1. The van der Waals surface area contributed by atoms with Crippen LogP contribution >= 0.6 is 34.8 Å². The summed E-state index contributed by atoms with van der Waals surface area (Å²) in [5.41, 5.74) is 0.167. The topological polar surface area (TPSA) is 69.6 Å². The zero-order valence-corrected chi connectivity index (χ0v) is 12.1. The number of nitrogens with one attached hydrogen (secondary N) is 1. The molecule has 0 aliphatic carbocycles. The third-order valence-electron chi connectivity index (χ3n) is 2.47. The fraction of sp³-hybridized carbons (Fsp3) is 0. The van der Waals surface area contributed by atoms with Crippen LogP contribution < -0.4 is 5.32 Å². The first-order valence-electron chi connectivity index (χ1n) is 5.36. The fourth-order valence-corrected chi connectivity index (χ4v) is 2.47. The van der Waals surface area contributed by atoms with Gasteiger partial charge in [0.25, 0.3) is 5.91 Å². The third kappa shape index (κ3) is 3.10. The monoisotopic (exact) mass is 331 g/mol. The van der Waals surface area contributed by atoms with Gasteiger partial charge < -0.3 is 15.5 Å². The van der Waals surface area contributed by atoms with E-state index < -0.39 is 5.91 Å². The van der Waals surface area contributed by atoms with Gasteiger partial charge in [0.05, 0.1) is 21.3 Å². The molecule has 0 radical (unpaired) electrons. The van der Waals surface area contributed by atoms with Gasteiger partial charge in [-0.3, -0.25) is 4.79 Å². The van der Waals surface area contributed by atoms with Crippen LogP contribution in [0.25, 0.3) is 0 Å². The Morgan fingerprint density at radius 3 is 2.15 bits per heavy atom. The number of benzene rings is 2. The smallest absolute Gasteiger partial charge is 0.259 e. The van der Waals surface area contributed by atoms with Crippen molar-refractivity contribution in [3.8, 4) is 11.5 Å². The standard InChI is InChI=1S/C13H8Cl3NO3/c14-6-3-9(15)12(10(16)4-6)17-13(20)8-2-1-7(18)5-11(8)19/h1-5,18-19H,(H,17,20). The highest BCUT2D eigenvalue weighted by Crippen LogP contribution is 2.34. The van der Waals surface area contributed by atoms with Crippen molar-refractivity contribution in [2.75, 3.05) is 5.32 Å². The maximum absolute atomic E-state index is 12.0. The molecule has 0 atom stereocenters. The Bertz CT molecular complexity index is 666. The van der Waals surface area contributed by atoms with Crippen LogP contribution in [-0.4, -0.2) is 16.1 Å². The molecule has 7 heteroatoms. The molecule has 2 aromatic rings. The zero-order valence-electron chi connectivity index (χ0n) is 9.82. The average molecular weight is 333 g/mol. The predicted octanol–water partition coefficient (Wildman–Crippen LogP) is 4.31. The van der Waals surface area contributed by atoms with Crippen LogP contribution in [0.3, 0.4) is 0 Å². The molecule has 20 heavy (non-hydrogen) atoms. The highest BCUT2D eigenvalue weighted by Gasteiger charge is 2.15. The maximum atomic E-state index is 12.0. The van der Waals surface area contributed by atoms with Crippen molar-refractivity contribution < 1.29 is 15.0 Å². The number of hydrogen-bond donors (Lipinski definition) is 3. The fourth-order valence-electron chi connectivity index (χ4n) is 1.55. The van der Waals surface area contributed by atoms with Crippen LogP contribution in [0.1, 0.15) is 10.4 Å². The van der Waals surface area contributed by atoms with Crippen molar-refractivity contribution in [2.45, 2.75) is 0 Å². The van der Waals surface area contributed by atoms with E-state index in [1.807, 2.05) is 0 Å². The first kappa shape index (κ1) is 14.8. The average Bonchev–Trinajstić information content (AvgIpc) is 2.33. The summed E-state index contributed by atoms with van der Waals surface area (Å²) in [7, 11) is 0. The summed E-state index contributed by atoms with van der Waals surface area (Å²) >= 11 is 17.7. The first-order valence-corrected chi connectivity index (χ1v) is 6.49. The summed E-state index contributed by atoms with van der Waals surface area (Å²) in [4.78, 5) is 12.0. The van der Waals surface area contributed by atoms with E-state index in [0.717, 1.165) is 6.07 Å². The summed E-state index contributed by atoms with van der Waals surface area (Å²) < 4.78 is 0. The summed E-state index contributed by atoms with van der Waals surface area (Å²) in [6.45, 7) is 0. The molecule has 0 spiro atoms. The van der Waals surface area contributed by atoms with E-state index in [2.05, 4.69) is 5.32 Å². The van der Waals surface area contributed by atoms with Crippen molar-refractivity contribution in [1.82, 2.24) is 0 Å². The number of phenols is 2. The molecule has 0 unspecified atom stereocenters. The van der Waals surface area contributed by atoms with Crippen LogP contribution in [0.15, 0.2) is 30.3 Å². The molecule has 3 N–H and O–H groups in total. The van der Waals surface area contributed by atoms with Crippen LogP contribution in [-0.2, 0) is 0 Å². The van der Waals surface area contributed by atoms with Crippen LogP contribution in [0, 0.1) is 0 Å². The molecule has 1 amide bonds. The van der Waals surface area contributed by atoms with Crippen LogP contribution in [0.4, 0.5) is 5.69 Å². The molecule has 0 aliphatic heterocycles. The van der Waals surface area contributed by atoms with Gasteiger partial charge in [-0.05, 0) is 24.3 Å². The molecule has 2 rings (SSSR count). The number of carbonyl (C=O) groups excluding carboxylic acids is 1. The molecule has 0 saturated heterocycles. The summed E-state index contributed by atoms with van der Waals surface area (Å²) in [6.07, 6.45) is 0. The van der Waals surface area contributed by atoms with Crippen molar-refractivity contribution in [3.05, 3.63) is 51.0 Å². The van der Waals surface area contributed by atoms with E-state index in [1.165, 1.54) is 24.3 Å². The minimum absolute atomic E-state index is 0.0233. The van der Waals surface area contributed by atoms with Gasteiger partial charge in [0.15, 0.2) is 0 Å². The molecule has 0 fully saturated rings. The van der Waals surface area contributed by atoms with Gasteiger partial charge in [-0.1, -0.05) is 34.8 Å². The molecular weight excluding hydrogens is 325 g/mol. The number of aromatic hydroxyl groups is 2. The lowest BCUT2D eigenvalue weighted by molar-refractivity contribution is 0.102. The lowest BCUT2D eigenvalue weighted by Crippen LogP contribution is -2.12. The SMILES string of the molecule is O=C(Nc1c(Cl)cc(Cl)cc1Cl)c1ccc(O)cc1O. The Kier molecular flexibility index (Phi) is 4.28. The Morgan fingerprint density at radius 2 is 1.60 bits per heavy atom. The minimum atomic E-state index is -0.617. The van der Waals surface area contributed by atoms with E-state index in [4.69, 9.17) is 34.8 Å². The molecule has 0 aromatic heterocycles. The number of carbonyl (C=O) groups is 1. The lowest BCUT2D eigenvalue weighted by Gasteiger charge is -2.10. The number of rotatable bonds is 2. The molecule has 0 heterocycles. The number of amides is 1. The second-order valence-electron chi connectivity index (χ2n) is 3.90. The largest absolute Gasteiger partial charge is 0.508 e. The Balaban J connectivity index is 2.33. The number of halogens is 3. The summed E-state index contributed by atoms with van der Waals surface area (Å²) in [5, 5.41) is 22.0. The second kappa shape index (κ2) is 5.79. The predicted molar refractivity (Wildman–Crippen MR) is 79.2 cm³/mol. The van der Waals surface area contributed by atoms with E-state index in [-0.39, 0.29) is 32.8 Å². The van der Waals surface area contributed by atoms with Gasteiger partial charge in [-0.2, -0.15) is 0 Å². The molecule has 0 bridgehead atoms. The van der Waals surface area contributed by atoms with E-state index in [9.17, 15) is 15.0 Å². The summed E-state index contributed by atoms with van der Waals surface area (Å²) in [5.74, 6) is -1.13. The molecular formula is C13H8Cl3NO3. The van der Waals surface area contributed by atoms with Crippen molar-refractivity contribution in [2.24, 2.45) is 0 Å². The highest BCUT2D eigenvalue weighted by molar-refractivity contribution is 6.42. The zero-order chi connectivity index (χ0) is 14.9. The van der Waals surface area contributed by atoms with Gasteiger partial charge in [0, 0.05) is 11.1 Å². The second-order valence-corrected chi connectivity index (χ2v) is 5.15. The number of hydrogen-bond acceptors (Lipinski definition) is 3. The van der Waals surface area contributed by atoms with Crippen LogP contribution in [0.5, 0.6) is 11.5 Å². The molecule has 2 aromatic carbocycles. The van der Waals surface area contributed by atoms with Crippen molar-refractivity contribution >= 4 is 46.4 Å². The van der Waals surface area contributed by atoms with Gasteiger partial charge >= 0.3 is 0 Å². The first-order chi connectivity index (χ1) is 9.38. The molecule has 0 saturated carbocycles. The molecule has 104 valence electrons.